The minimum absolute atomic E-state index is 0.0957. The molecule has 0 saturated carbocycles. The van der Waals surface area contributed by atoms with E-state index < -0.39 is 0 Å². The number of ether oxygens (including phenoxy) is 3. The first kappa shape index (κ1) is 27.3. The van der Waals surface area contributed by atoms with E-state index in [1.165, 1.54) is 6.42 Å². The van der Waals surface area contributed by atoms with Crippen molar-refractivity contribution < 1.29 is 19.0 Å². The highest BCUT2D eigenvalue weighted by Gasteiger charge is 2.31. The Morgan fingerprint density at radius 3 is 2.84 bits per heavy atom. The molecule has 2 N–H and O–H groups in total. The average molecular weight is 525 g/mol. The van der Waals surface area contributed by atoms with Crippen LogP contribution in [0.15, 0.2) is 36.6 Å². The number of carbonyl (C=O) groups is 1. The monoisotopic (exact) mass is 524 g/mol. The lowest BCUT2D eigenvalue weighted by molar-refractivity contribution is -0.0615. The molecule has 1 aliphatic carbocycles. The van der Waals surface area contributed by atoms with Gasteiger partial charge in [0, 0.05) is 68.7 Å². The Morgan fingerprint density at radius 1 is 1.18 bits per heavy atom. The van der Waals surface area contributed by atoms with Crippen molar-refractivity contribution in [2.24, 2.45) is 5.92 Å². The van der Waals surface area contributed by atoms with Gasteiger partial charge in [-0.2, -0.15) is 0 Å². The zero-order chi connectivity index (χ0) is 26.3. The summed E-state index contributed by atoms with van der Waals surface area (Å²) in [6.45, 7) is 5.63. The van der Waals surface area contributed by atoms with Crippen LogP contribution in [0, 0.1) is 12.8 Å². The van der Waals surface area contributed by atoms with Gasteiger partial charge in [-0.05, 0) is 57.9 Å². The van der Waals surface area contributed by atoms with Crippen molar-refractivity contribution in [3.63, 3.8) is 0 Å². The number of nitrogens with zero attached hydrogens (tertiary/aromatic N) is 2. The number of carbonyl (C=O) groups excluding carboxylic acids is 1. The van der Waals surface area contributed by atoms with Gasteiger partial charge in [0.1, 0.15) is 5.82 Å². The molecule has 3 aliphatic heterocycles. The van der Waals surface area contributed by atoms with Crippen LogP contribution < -0.4 is 10.6 Å². The number of hydrogen-bond acceptors (Lipinski definition) is 7. The molecule has 3 fully saturated rings. The maximum absolute atomic E-state index is 13.5. The fraction of sp³-hybridized carbons (Fsp3) is 0.667. The molecule has 0 bridgehead atoms. The third-order valence-electron chi connectivity index (χ3n) is 8.64. The van der Waals surface area contributed by atoms with E-state index >= 15 is 0 Å². The van der Waals surface area contributed by atoms with Crippen molar-refractivity contribution in [2.45, 2.75) is 82.3 Å². The quantitative estimate of drug-likeness (QED) is 0.534. The first-order valence-corrected chi connectivity index (χ1v) is 14.5. The van der Waals surface area contributed by atoms with E-state index in [1.807, 2.05) is 17.9 Å². The Morgan fingerprint density at radius 2 is 2.05 bits per heavy atom. The fourth-order valence-corrected chi connectivity index (χ4v) is 6.28. The third kappa shape index (κ3) is 6.65. The number of anilines is 1. The molecule has 38 heavy (non-hydrogen) atoms. The number of likely N-dealkylation sites (tertiary alicyclic amines) is 1. The first-order valence-electron chi connectivity index (χ1n) is 14.5. The van der Waals surface area contributed by atoms with Gasteiger partial charge in [-0.15, -0.1) is 0 Å². The molecule has 1 unspecified atom stereocenters. The standard InChI is InChI=1S/C30H44N4O4/c1-21-25(30(35)34-16-12-23(13-17-34)33-26-14-18-37-20-28(26)36-2)11-15-31-29(21)32-19-24-9-6-10-27(38-24)22-7-4-3-5-8-22/h3-5,7,11,15,22-24,26-28,33H,6,8-10,12-14,16-20H2,1-2H3,(H,31,32)/t22?,24-,26+,27+,28-/m1/s1. The van der Waals surface area contributed by atoms with E-state index in [0.29, 0.717) is 31.2 Å². The van der Waals surface area contributed by atoms with Crippen LogP contribution in [0.5, 0.6) is 0 Å². The zero-order valence-corrected chi connectivity index (χ0v) is 22.9. The van der Waals surface area contributed by atoms with Crippen LogP contribution in [0.1, 0.15) is 60.9 Å². The molecule has 4 heterocycles. The van der Waals surface area contributed by atoms with E-state index in [1.54, 1.807) is 13.3 Å². The van der Waals surface area contributed by atoms with Gasteiger partial charge in [0.25, 0.3) is 5.91 Å². The molecule has 5 rings (SSSR count). The molecule has 8 nitrogen and oxygen atoms in total. The summed E-state index contributed by atoms with van der Waals surface area (Å²) in [6, 6.07) is 2.57. The summed E-state index contributed by atoms with van der Waals surface area (Å²) in [6.07, 6.45) is 18.3. The number of methoxy groups -OCH3 is 1. The third-order valence-corrected chi connectivity index (χ3v) is 8.64. The number of piperidine rings is 1. The second-order valence-corrected chi connectivity index (χ2v) is 11.1. The lowest BCUT2D eigenvalue weighted by Gasteiger charge is -2.38. The Labute approximate surface area is 227 Å². The van der Waals surface area contributed by atoms with E-state index in [2.05, 4.69) is 39.9 Å². The van der Waals surface area contributed by atoms with Crippen molar-refractivity contribution in [1.82, 2.24) is 15.2 Å². The minimum atomic E-state index is 0.0957. The molecule has 1 aromatic rings. The predicted molar refractivity (Wildman–Crippen MR) is 148 cm³/mol. The molecular weight excluding hydrogens is 480 g/mol. The summed E-state index contributed by atoms with van der Waals surface area (Å²) >= 11 is 0. The van der Waals surface area contributed by atoms with Crippen LogP contribution in [0.2, 0.25) is 0 Å². The van der Waals surface area contributed by atoms with Gasteiger partial charge < -0.3 is 29.7 Å². The van der Waals surface area contributed by atoms with Gasteiger partial charge in [0.2, 0.25) is 0 Å². The molecule has 208 valence electrons. The first-order chi connectivity index (χ1) is 18.6. The number of hydrogen-bond donors (Lipinski definition) is 2. The summed E-state index contributed by atoms with van der Waals surface area (Å²) in [4.78, 5) is 20.0. The van der Waals surface area contributed by atoms with Crippen molar-refractivity contribution in [3.8, 4) is 0 Å². The predicted octanol–water partition coefficient (Wildman–Crippen LogP) is 3.87. The van der Waals surface area contributed by atoms with Crippen LogP contribution in [-0.4, -0.2) is 86.1 Å². The molecule has 0 spiro atoms. The van der Waals surface area contributed by atoms with Crippen molar-refractivity contribution in [3.05, 3.63) is 47.7 Å². The van der Waals surface area contributed by atoms with E-state index in [-0.39, 0.29) is 24.2 Å². The summed E-state index contributed by atoms with van der Waals surface area (Å²) in [7, 11) is 1.75. The summed E-state index contributed by atoms with van der Waals surface area (Å²) in [5.41, 5.74) is 1.65. The second-order valence-electron chi connectivity index (χ2n) is 11.1. The number of aromatic nitrogens is 1. The number of amides is 1. The smallest absolute Gasteiger partial charge is 0.254 e. The van der Waals surface area contributed by atoms with Gasteiger partial charge in [0.05, 0.1) is 24.9 Å². The Balaban J connectivity index is 1.12. The molecule has 3 saturated heterocycles. The highest BCUT2D eigenvalue weighted by molar-refractivity contribution is 5.96. The molecule has 0 radical (unpaired) electrons. The average Bonchev–Trinajstić information content (AvgIpc) is 2.97. The SMILES string of the molecule is CO[C@@H]1COCC[C@@H]1NC1CCN(C(=O)c2ccnc(NC[C@H]3CCC[C@@H](C4C=CC=CC4)O3)c2C)CC1. The number of nitrogens with one attached hydrogen (secondary N) is 2. The fourth-order valence-electron chi connectivity index (χ4n) is 6.28. The van der Waals surface area contributed by atoms with Gasteiger partial charge in [0.15, 0.2) is 0 Å². The number of rotatable bonds is 8. The van der Waals surface area contributed by atoms with Crippen molar-refractivity contribution in [1.29, 1.82) is 0 Å². The Hall–Kier alpha value is -2.26. The molecule has 0 aromatic carbocycles. The summed E-state index contributed by atoms with van der Waals surface area (Å²) in [5.74, 6) is 1.35. The Kier molecular flexibility index (Phi) is 9.49. The Bertz CT molecular complexity index is 990. The van der Waals surface area contributed by atoms with E-state index in [0.717, 1.165) is 75.2 Å². The van der Waals surface area contributed by atoms with Crippen molar-refractivity contribution >= 4 is 11.7 Å². The van der Waals surface area contributed by atoms with Crippen LogP contribution >= 0.6 is 0 Å². The maximum Gasteiger partial charge on any atom is 0.254 e. The van der Waals surface area contributed by atoms with E-state index in [9.17, 15) is 4.79 Å². The zero-order valence-electron chi connectivity index (χ0n) is 22.9. The lowest BCUT2D eigenvalue weighted by Crippen LogP contribution is -2.54. The van der Waals surface area contributed by atoms with Gasteiger partial charge in [-0.25, -0.2) is 4.98 Å². The normalized spacial score (nSPS) is 30.4. The number of allylic oxidation sites excluding steroid dienone is 3. The van der Waals surface area contributed by atoms with Crippen LogP contribution in [0.3, 0.4) is 0 Å². The highest BCUT2D eigenvalue weighted by Crippen LogP contribution is 2.29. The summed E-state index contributed by atoms with van der Waals surface area (Å²) < 4.78 is 17.6. The van der Waals surface area contributed by atoms with E-state index in [4.69, 9.17) is 14.2 Å². The van der Waals surface area contributed by atoms with Gasteiger partial charge in [-0.1, -0.05) is 24.3 Å². The molecule has 1 aromatic heterocycles. The van der Waals surface area contributed by atoms with Crippen LogP contribution in [0.25, 0.3) is 0 Å². The maximum atomic E-state index is 13.5. The van der Waals surface area contributed by atoms with Gasteiger partial charge in [-0.3, -0.25) is 4.79 Å². The topological polar surface area (TPSA) is 85.0 Å². The molecule has 4 aliphatic rings. The highest BCUT2D eigenvalue weighted by atomic mass is 16.5. The number of pyridine rings is 1. The van der Waals surface area contributed by atoms with Crippen LogP contribution in [0.4, 0.5) is 5.82 Å². The molecule has 8 heteroatoms. The van der Waals surface area contributed by atoms with Crippen molar-refractivity contribution in [2.75, 3.05) is 45.3 Å². The molecular formula is C30H44N4O4. The summed E-state index contributed by atoms with van der Waals surface area (Å²) in [5, 5.41) is 7.26. The van der Waals surface area contributed by atoms with Gasteiger partial charge >= 0.3 is 0 Å². The lowest BCUT2D eigenvalue weighted by atomic mass is 9.89. The molecule has 5 atom stereocenters. The second kappa shape index (κ2) is 13.2. The largest absolute Gasteiger partial charge is 0.379 e. The van der Waals surface area contributed by atoms with Crippen LogP contribution in [-0.2, 0) is 14.2 Å². The minimum Gasteiger partial charge on any atom is -0.379 e. The molecule has 1 amide bonds.